The number of pyridine rings is 1. The van der Waals surface area contributed by atoms with Crippen LogP contribution in [0.2, 0.25) is 5.02 Å². The standard InChI is InChI=1S/C13H16ClF3N2O.ClH/c14-11-7-9(13(15,16)17)8-19-12(11)20-6-4-10-3-1-2-5-18-10;/h7-8,10,18H,1-6H2;1H. The predicted molar refractivity (Wildman–Crippen MR) is 77.3 cm³/mol. The molecule has 1 aromatic heterocycles. The number of piperidine rings is 1. The van der Waals surface area contributed by atoms with Crippen molar-refractivity contribution in [3.8, 4) is 5.88 Å². The van der Waals surface area contributed by atoms with Crippen LogP contribution in [0.25, 0.3) is 0 Å². The molecule has 1 unspecified atom stereocenters. The topological polar surface area (TPSA) is 34.1 Å². The Hall–Kier alpha value is -0.720. The van der Waals surface area contributed by atoms with Crippen LogP contribution in [-0.4, -0.2) is 24.2 Å². The molecule has 3 nitrogen and oxygen atoms in total. The molecule has 1 fully saturated rings. The van der Waals surface area contributed by atoms with Crippen molar-refractivity contribution in [1.29, 1.82) is 0 Å². The van der Waals surface area contributed by atoms with E-state index in [2.05, 4.69) is 10.3 Å². The first-order chi connectivity index (χ1) is 9.47. The minimum atomic E-state index is -4.44. The third-order valence-corrected chi connectivity index (χ3v) is 3.52. The molecule has 1 aliphatic rings. The molecule has 0 saturated carbocycles. The second-order valence-corrected chi connectivity index (χ2v) is 5.20. The molecule has 0 radical (unpaired) electrons. The van der Waals surface area contributed by atoms with Gasteiger partial charge in [-0.3, -0.25) is 0 Å². The number of hydrogen-bond donors (Lipinski definition) is 1. The fourth-order valence-corrected chi connectivity index (χ4v) is 2.38. The van der Waals surface area contributed by atoms with Crippen LogP contribution in [-0.2, 0) is 6.18 Å². The molecule has 0 bridgehead atoms. The molecule has 1 aromatic rings. The number of ether oxygens (including phenoxy) is 1. The summed E-state index contributed by atoms with van der Waals surface area (Å²) in [6.45, 7) is 1.39. The average Bonchev–Trinajstić information content (AvgIpc) is 2.40. The van der Waals surface area contributed by atoms with Crippen molar-refractivity contribution in [1.82, 2.24) is 10.3 Å². The Labute approximate surface area is 132 Å². The molecule has 1 N–H and O–H groups in total. The van der Waals surface area contributed by atoms with Crippen LogP contribution >= 0.6 is 24.0 Å². The Bertz CT molecular complexity index is 452. The number of halogens is 5. The zero-order valence-electron chi connectivity index (χ0n) is 11.3. The summed E-state index contributed by atoms with van der Waals surface area (Å²) >= 11 is 5.75. The summed E-state index contributed by atoms with van der Waals surface area (Å²) in [6.07, 6.45) is 0.554. The molecule has 2 heterocycles. The zero-order valence-corrected chi connectivity index (χ0v) is 12.8. The summed E-state index contributed by atoms with van der Waals surface area (Å²) in [7, 11) is 0. The van der Waals surface area contributed by atoms with Crippen LogP contribution in [0.1, 0.15) is 31.2 Å². The maximum absolute atomic E-state index is 12.4. The van der Waals surface area contributed by atoms with Gasteiger partial charge in [-0.15, -0.1) is 12.4 Å². The summed E-state index contributed by atoms with van der Waals surface area (Å²) in [6, 6.07) is 1.24. The SMILES string of the molecule is Cl.FC(F)(F)c1cnc(OCCC2CCCCN2)c(Cl)c1. The Morgan fingerprint density at radius 2 is 2.14 bits per heavy atom. The van der Waals surface area contributed by atoms with E-state index in [9.17, 15) is 13.2 Å². The molecule has 1 atom stereocenters. The molecule has 1 saturated heterocycles. The molecule has 0 spiro atoms. The summed E-state index contributed by atoms with van der Waals surface area (Å²) in [5.74, 6) is 0.0514. The minimum absolute atomic E-state index is 0. The van der Waals surface area contributed by atoms with Gasteiger partial charge < -0.3 is 10.1 Å². The monoisotopic (exact) mass is 344 g/mol. The number of alkyl halides is 3. The van der Waals surface area contributed by atoms with E-state index in [4.69, 9.17) is 16.3 Å². The van der Waals surface area contributed by atoms with Crippen LogP contribution in [0.15, 0.2) is 12.3 Å². The average molecular weight is 345 g/mol. The quantitative estimate of drug-likeness (QED) is 0.893. The van der Waals surface area contributed by atoms with E-state index in [1.165, 1.54) is 12.8 Å². The van der Waals surface area contributed by atoms with Crippen LogP contribution < -0.4 is 10.1 Å². The molecule has 1 aliphatic heterocycles. The van der Waals surface area contributed by atoms with Crippen LogP contribution in [0.4, 0.5) is 13.2 Å². The molecule has 0 aliphatic carbocycles. The Balaban J connectivity index is 0.00000220. The summed E-state index contributed by atoms with van der Waals surface area (Å²) in [4.78, 5) is 3.63. The number of aromatic nitrogens is 1. The van der Waals surface area contributed by atoms with Gasteiger partial charge in [0.1, 0.15) is 5.02 Å². The number of nitrogens with zero attached hydrogens (tertiary/aromatic N) is 1. The normalized spacial score (nSPS) is 19.0. The van der Waals surface area contributed by atoms with Gasteiger partial charge in [-0.2, -0.15) is 13.2 Å². The van der Waals surface area contributed by atoms with Crippen molar-refractivity contribution in [2.24, 2.45) is 0 Å². The Morgan fingerprint density at radius 3 is 2.71 bits per heavy atom. The lowest BCUT2D eigenvalue weighted by molar-refractivity contribution is -0.137. The molecule has 2 rings (SSSR count). The van der Waals surface area contributed by atoms with Gasteiger partial charge in [0, 0.05) is 12.2 Å². The van der Waals surface area contributed by atoms with Gasteiger partial charge in [0.15, 0.2) is 0 Å². The van der Waals surface area contributed by atoms with E-state index in [1.54, 1.807) is 0 Å². The van der Waals surface area contributed by atoms with Crippen molar-refractivity contribution in [3.63, 3.8) is 0 Å². The summed E-state index contributed by atoms with van der Waals surface area (Å²) in [5, 5.41) is 3.25. The fraction of sp³-hybridized carbons (Fsp3) is 0.615. The fourth-order valence-electron chi connectivity index (χ4n) is 2.15. The molecule has 0 amide bonds. The van der Waals surface area contributed by atoms with Gasteiger partial charge in [-0.1, -0.05) is 18.0 Å². The maximum Gasteiger partial charge on any atom is 0.417 e. The summed E-state index contributed by atoms with van der Waals surface area (Å²) in [5.41, 5.74) is -0.871. The van der Waals surface area contributed by atoms with Crippen molar-refractivity contribution < 1.29 is 17.9 Å². The highest BCUT2D eigenvalue weighted by Crippen LogP contribution is 2.33. The van der Waals surface area contributed by atoms with Crippen molar-refractivity contribution in [2.45, 2.75) is 37.9 Å². The number of nitrogens with one attached hydrogen (secondary N) is 1. The maximum atomic E-state index is 12.4. The van der Waals surface area contributed by atoms with Gasteiger partial charge in [0.2, 0.25) is 5.88 Å². The first-order valence-corrected chi connectivity index (χ1v) is 6.93. The second kappa shape index (κ2) is 8.06. The lowest BCUT2D eigenvalue weighted by Crippen LogP contribution is -2.35. The molecular formula is C13H17Cl2F3N2O. The molecule has 0 aromatic carbocycles. The first-order valence-electron chi connectivity index (χ1n) is 6.56. The lowest BCUT2D eigenvalue weighted by atomic mass is 10.0. The highest BCUT2D eigenvalue weighted by Gasteiger charge is 2.31. The molecular weight excluding hydrogens is 328 g/mol. The van der Waals surface area contributed by atoms with E-state index in [0.29, 0.717) is 12.6 Å². The van der Waals surface area contributed by atoms with Gasteiger partial charge in [0.05, 0.1) is 12.2 Å². The Morgan fingerprint density at radius 1 is 1.38 bits per heavy atom. The van der Waals surface area contributed by atoms with Gasteiger partial charge in [-0.25, -0.2) is 4.98 Å². The lowest BCUT2D eigenvalue weighted by Gasteiger charge is -2.23. The van der Waals surface area contributed by atoms with E-state index < -0.39 is 11.7 Å². The van der Waals surface area contributed by atoms with Gasteiger partial charge in [-0.05, 0) is 31.9 Å². The first kappa shape index (κ1) is 18.3. The number of rotatable bonds is 4. The minimum Gasteiger partial charge on any atom is -0.477 e. The van der Waals surface area contributed by atoms with Gasteiger partial charge in [0.25, 0.3) is 0 Å². The number of hydrogen-bond acceptors (Lipinski definition) is 3. The van der Waals surface area contributed by atoms with Crippen LogP contribution in [0.5, 0.6) is 5.88 Å². The zero-order chi connectivity index (χ0) is 14.6. The van der Waals surface area contributed by atoms with E-state index in [-0.39, 0.29) is 23.3 Å². The van der Waals surface area contributed by atoms with E-state index >= 15 is 0 Å². The van der Waals surface area contributed by atoms with Crippen molar-refractivity contribution >= 4 is 24.0 Å². The van der Waals surface area contributed by atoms with Crippen molar-refractivity contribution in [2.75, 3.05) is 13.2 Å². The van der Waals surface area contributed by atoms with Gasteiger partial charge >= 0.3 is 6.18 Å². The van der Waals surface area contributed by atoms with E-state index in [0.717, 1.165) is 31.6 Å². The highest BCUT2D eigenvalue weighted by molar-refractivity contribution is 6.31. The molecule has 120 valence electrons. The Kier molecular flexibility index (Phi) is 7.03. The summed E-state index contributed by atoms with van der Waals surface area (Å²) < 4.78 is 42.7. The third-order valence-electron chi connectivity index (χ3n) is 3.25. The smallest absolute Gasteiger partial charge is 0.417 e. The van der Waals surface area contributed by atoms with Crippen LogP contribution in [0.3, 0.4) is 0 Å². The highest BCUT2D eigenvalue weighted by atomic mass is 35.5. The molecule has 21 heavy (non-hydrogen) atoms. The second-order valence-electron chi connectivity index (χ2n) is 4.79. The van der Waals surface area contributed by atoms with Crippen molar-refractivity contribution in [3.05, 3.63) is 22.8 Å². The van der Waals surface area contributed by atoms with E-state index in [1.807, 2.05) is 0 Å². The van der Waals surface area contributed by atoms with Crippen LogP contribution in [0, 0.1) is 0 Å². The largest absolute Gasteiger partial charge is 0.477 e. The molecule has 8 heteroatoms. The predicted octanol–water partition coefficient (Wildman–Crippen LogP) is 4.09. The third kappa shape index (κ3) is 5.52.